The molecule has 1 aromatic rings. The molecule has 1 rings (SSSR count). The summed E-state index contributed by atoms with van der Waals surface area (Å²) in [6.45, 7) is 5.23. The summed E-state index contributed by atoms with van der Waals surface area (Å²) in [6, 6.07) is 5.99. The van der Waals surface area contributed by atoms with Crippen LogP contribution in [0.15, 0.2) is 29.2 Å². The predicted octanol–water partition coefficient (Wildman–Crippen LogP) is 1.95. The summed E-state index contributed by atoms with van der Waals surface area (Å²) in [5, 5.41) is 0. The fourth-order valence-electron chi connectivity index (χ4n) is 0.710. The van der Waals surface area contributed by atoms with E-state index in [9.17, 15) is 8.42 Å². The van der Waals surface area contributed by atoms with Crippen LogP contribution in [-0.2, 0) is 10.1 Å². The van der Waals surface area contributed by atoms with Crippen LogP contribution in [0.25, 0.3) is 0 Å². The quantitative estimate of drug-likeness (QED) is 0.653. The predicted molar refractivity (Wildman–Crippen MR) is 69.6 cm³/mol. The first-order valence-corrected chi connectivity index (χ1v) is 6.85. The van der Waals surface area contributed by atoms with E-state index in [0.717, 1.165) is 10.0 Å². The van der Waals surface area contributed by atoms with Crippen LogP contribution in [-0.4, -0.2) is 45.1 Å². The molecule has 0 saturated heterocycles. The molecule has 1 aromatic carbocycles. The second-order valence-corrected chi connectivity index (χ2v) is 6.32. The molecule has 5 heteroatoms. The van der Waals surface area contributed by atoms with Crippen LogP contribution in [0.2, 0.25) is 0 Å². The minimum Gasteiger partial charge on any atom is -0.331 e. The van der Waals surface area contributed by atoms with Crippen molar-refractivity contribution in [2.24, 2.45) is 0 Å². The van der Waals surface area contributed by atoms with Crippen LogP contribution < -0.4 is 0 Å². The van der Waals surface area contributed by atoms with Crippen molar-refractivity contribution in [2.45, 2.75) is 18.7 Å². The Morgan fingerprint density at radius 3 is 1.71 bits per heavy atom. The lowest BCUT2D eigenvalue weighted by Gasteiger charge is -2.20. The van der Waals surface area contributed by atoms with Gasteiger partial charge >= 0.3 is 0 Å². The third kappa shape index (κ3) is 7.90. The second kappa shape index (κ2) is 6.14. The first kappa shape index (κ1) is 16.1. The highest BCUT2D eigenvalue weighted by molar-refractivity contribution is 7.85. The van der Waals surface area contributed by atoms with Gasteiger partial charge in [0.1, 0.15) is 0 Å². The van der Waals surface area contributed by atoms with Gasteiger partial charge in [-0.25, -0.2) is 0 Å². The highest BCUT2D eigenvalue weighted by atomic mass is 32.2. The Labute approximate surface area is 104 Å². The van der Waals surface area contributed by atoms with Crippen LogP contribution >= 0.6 is 0 Å². The summed E-state index contributed by atoms with van der Waals surface area (Å²) in [4.78, 5) is -0.0666. The number of benzene rings is 1. The van der Waals surface area contributed by atoms with Gasteiger partial charge in [-0.3, -0.25) is 4.55 Å². The first-order chi connectivity index (χ1) is 7.56. The van der Waals surface area contributed by atoms with Crippen LogP contribution in [0.1, 0.15) is 12.5 Å². The molecule has 0 unspecified atom stereocenters. The molecule has 98 valence electrons. The Kier molecular flexibility index (Phi) is 5.81. The summed E-state index contributed by atoms with van der Waals surface area (Å²) < 4.78 is 30.6. The van der Waals surface area contributed by atoms with E-state index in [2.05, 4.69) is 28.1 Å². The Bertz CT molecular complexity index is 430. The van der Waals surface area contributed by atoms with Gasteiger partial charge in [-0.05, 0) is 26.0 Å². The van der Waals surface area contributed by atoms with Crippen LogP contribution in [0.5, 0.6) is 0 Å². The van der Waals surface area contributed by atoms with Crippen LogP contribution in [0.3, 0.4) is 0 Å². The number of nitrogens with zero attached hydrogens (tertiary/aromatic N) is 1. The standard InChI is InChI=1S/C7H8O3S.C5H14N/c1-6-2-4-7(5-3-6)11(8,9)10;1-5-6(2,3)4/h2-5H,1H3,(H,8,9,10);5H2,1-4H3/q;+1. The lowest BCUT2D eigenvalue weighted by Crippen LogP contribution is -2.33. The molecule has 0 saturated carbocycles. The number of hydrogen-bond donors (Lipinski definition) is 1. The minimum atomic E-state index is -4.02. The van der Waals surface area contributed by atoms with Crippen molar-refractivity contribution < 1.29 is 17.5 Å². The van der Waals surface area contributed by atoms with Crippen molar-refractivity contribution in [1.82, 2.24) is 0 Å². The maximum Gasteiger partial charge on any atom is 0.294 e. The van der Waals surface area contributed by atoms with Gasteiger partial charge < -0.3 is 4.48 Å². The zero-order valence-electron chi connectivity index (χ0n) is 11.1. The third-order valence-corrected chi connectivity index (χ3v) is 3.14. The van der Waals surface area contributed by atoms with E-state index in [1.54, 1.807) is 12.1 Å². The van der Waals surface area contributed by atoms with Crippen molar-refractivity contribution >= 4 is 10.1 Å². The first-order valence-electron chi connectivity index (χ1n) is 5.41. The fourth-order valence-corrected chi connectivity index (χ4v) is 1.19. The van der Waals surface area contributed by atoms with Crippen LogP contribution in [0.4, 0.5) is 0 Å². The molecule has 0 aliphatic carbocycles. The van der Waals surface area contributed by atoms with Crippen molar-refractivity contribution in [2.75, 3.05) is 27.7 Å². The van der Waals surface area contributed by atoms with Gasteiger partial charge in [0.15, 0.2) is 0 Å². The average Bonchev–Trinajstić information content (AvgIpc) is 2.17. The summed E-state index contributed by atoms with van der Waals surface area (Å²) in [5.41, 5.74) is 0.956. The van der Waals surface area contributed by atoms with E-state index in [0.29, 0.717) is 0 Å². The molecule has 0 radical (unpaired) electrons. The second-order valence-electron chi connectivity index (χ2n) is 4.89. The molecule has 0 aliphatic heterocycles. The van der Waals surface area contributed by atoms with Gasteiger partial charge in [0, 0.05) is 0 Å². The maximum absolute atomic E-state index is 10.5. The van der Waals surface area contributed by atoms with Gasteiger partial charge in [0.2, 0.25) is 0 Å². The van der Waals surface area contributed by atoms with Crippen molar-refractivity contribution in [1.29, 1.82) is 0 Å². The molecule has 0 aliphatic rings. The molecule has 1 N–H and O–H groups in total. The molecule has 0 amide bonds. The van der Waals surface area contributed by atoms with Gasteiger partial charge in [0.25, 0.3) is 10.1 Å². The van der Waals surface area contributed by atoms with E-state index in [1.165, 1.54) is 18.7 Å². The normalized spacial score (nSPS) is 11.6. The van der Waals surface area contributed by atoms with E-state index in [1.807, 2.05) is 6.92 Å². The van der Waals surface area contributed by atoms with Gasteiger partial charge in [-0.15, -0.1) is 0 Å². The average molecular weight is 260 g/mol. The third-order valence-electron chi connectivity index (χ3n) is 2.27. The molecular formula is C12H22NO3S+. The van der Waals surface area contributed by atoms with Gasteiger partial charge in [-0.1, -0.05) is 17.7 Å². The molecular weight excluding hydrogens is 238 g/mol. The van der Waals surface area contributed by atoms with Gasteiger partial charge in [0.05, 0.1) is 32.6 Å². The summed E-state index contributed by atoms with van der Waals surface area (Å²) >= 11 is 0. The van der Waals surface area contributed by atoms with Crippen LogP contribution in [0, 0.1) is 6.92 Å². The molecule has 0 spiro atoms. The zero-order chi connectivity index (χ0) is 13.7. The lowest BCUT2D eigenvalue weighted by atomic mass is 10.2. The van der Waals surface area contributed by atoms with E-state index in [-0.39, 0.29) is 4.90 Å². The smallest absolute Gasteiger partial charge is 0.294 e. The van der Waals surface area contributed by atoms with Gasteiger partial charge in [-0.2, -0.15) is 8.42 Å². The summed E-state index contributed by atoms with van der Waals surface area (Å²) in [6.07, 6.45) is 0. The fraction of sp³-hybridized carbons (Fsp3) is 0.500. The summed E-state index contributed by atoms with van der Waals surface area (Å²) in [7, 11) is 2.52. The SMILES string of the molecule is CC[N+](C)(C)C.Cc1ccc(S(=O)(=O)O)cc1. The molecule has 17 heavy (non-hydrogen) atoms. The van der Waals surface area contributed by atoms with Crippen molar-refractivity contribution in [3.8, 4) is 0 Å². The number of aryl methyl sites for hydroxylation is 1. The molecule has 0 aromatic heterocycles. The van der Waals surface area contributed by atoms with Crippen molar-refractivity contribution in [3.05, 3.63) is 29.8 Å². The maximum atomic E-state index is 10.5. The number of quaternary nitrogens is 1. The monoisotopic (exact) mass is 260 g/mol. The number of hydrogen-bond acceptors (Lipinski definition) is 2. The lowest BCUT2D eigenvalue weighted by molar-refractivity contribution is -0.868. The zero-order valence-corrected chi connectivity index (χ0v) is 12.0. The van der Waals surface area contributed by atoms with Crippen molar-refractivity contribution in [3.63, 3.8) is 0 Å². The summed E-state index contributed by atoms with van der Waals surface area (Å²) in [5.74, 6) is 0. The molecule has 0 atom stereocenters. The largest absolute Gasteiger partial charge is 0.331 e. The van der Waals surface area contributed by atoms with E-state index in [4.69, 9.17) is 4.55 Å². The minimum absolute atomic E-state index is 0.0666. The van der Waals surface area contributed by atoms with E-state index < -0.39 is 10.1 Å². The number of rotatable bonds is 2. The molecule has 0 fully saturated rings. The molecule has 0 bridgehead atoms. The Morgan fingerprint density at radius 1 is 1.12 bits per heavy atom. The molecule has 0 heterocycles. The topological polar surface area (TPSA) is 54.4 Å². The Hall–Kier alpha value is -0.910. The highest BCUT2D eigenvalue weighted by Crippen LogP contribution is 2.08. The highest BCUT2D eigenvalue weighted by Gasteiger charge is 2.06. The Balaban J connectivity index is 0.000000366. The molecule has 4 nitrogen and oxygen atoms in total. The van der Waals surface area contributed by atoms with E-state index >= 15 is 0 Å². The Morgan fingerprint density at radius 2 is 1.47 bits per heavy atom.